The van der Waals surface area contributed by atoms with Crippen molar-refractivity contribution in [1.82, 2.24) is 9.97 Å². The molecule has 1 aromatic heterocycles. The van der Waals surface area contributed by atoms with Crippen molar-refractivity contribution in [2.24, 2.45) is 0 Å². The molecule has 1 N–H and O–H groups in total. The zero-order valence-corrected chi connectivity index (χ0v) is 15.3. The van der Waals surface area contributed by atoms with Gasteiger partial charge in [0.1, 0.15) is 17.3 Å². The second kappa shape index (κ2) is 8.54. The standard InChI is InChI=1S/C22H24N4O/c1-2-7-17-26(16-6-1)21-14-15-23-22(25-21)24-18-10-12-20(13-11-18)27-19-8-4-3-5-9-19/h3-5,8-15H,1-2,6-7,16-17H2,(H,23,24,25). The lowest BCUT2D eigenvalue weighted by Gasteiger charge is -2.21. The van der Waals surface area contributed by atoms with Crippen molar-refractivity contribution < 1.29 is 4.74 Å². The third-order valence-electron chi connectivity index (χ3n) is 4.66. The molecule has 2 heterocycles. The SMILES string of the molecule is c1ccc(Oc2ccc(Nc3nccc(N4CCCCCC4)n3)cc2)cc1. The molecule has 3 aromatic rings. The van der Waals surface area contributed by atoms with E-state index in [1.807, 2.05) is 66.9 Å². The zero-order valence-electron chi connectivity index (χ0n) is 15.3. The lowest BCUT2D eigenvalue weighted by molar-refractivity contribution is 0.483. The summed E-state index contributed by atoms with van der Waals surface area (Å²) in [6.45, 7) is 2.14. The van der Waals surface area contributed by atoms with E-state index in [2.05, 4.69) is 15.2 Å². The summed E-state index contributed by atoms with van der Waals surface area (Å²) in [4.78, 5) is 11.4. The Labute approximate surface area is 160 Å². The molecular weight excluding hydrogens is 336 g/mol. The second-order valence-corrected chi connectivity index (χ2v) is 6.70. The Morgan fingerprint density at radius 2 is 1.48 bits per heavy atom. The molecule has 1 saturated heterocycles. The summed E-state index contributed by atoms with van der Waals surface area (Å²) in [5.74, 6) is 3.24. The Bertz CT molecular complexity index is 844. The molecule has 1 aliphatic rings. The van der Waals surface area contributed by atoms with Gasteiger partial charge in [-0.1, -0.05) is 31.0 Å². The molecule has 0 spiro atoms. The molecule has 1 aliphatic heterocycles. The molecule has 5 heteroatoms. The van der Waals surface area contributed by atoms with Gasteiger partial charge in [-0.2, -0.15) is 4.98 Å². The molecule has 1 fully saturated rings. The Kier molecular flexibility index (Phi) is 5.48. The fourth-order valence-corrected chi connectivity index (χ4v) is 3.25. The van der Waals surface area contributed by atoms with Gasteiger partial charge in [-0.05, 0) is 55.3 Å². The molecular formula is C22H24N4O. The van der Waals surface area contributed by atoms with E-state index in [0.717, 1.165) is 36.1 Å². The highest BCUT2D eigenvalue weighted by Gasteiger charge is 2.12. The van der Waals surface area contributed by atoms with Crippen molar-refractivity contribution in [3.8, 4) is 11.5 Å². The Balaban J connectivity index is 1.42. The van der Waals surface area contributed by atoms with Crippen LogP contribution < -0.4 is 15.0 Å². The van der Waals surface area contributed by atoms with Crippen LogP contribution in [0.4, 0.5) is 17.5 Å². The smallest absolute Gasteiger partial charge is 0.229 e. The molecule has 2 aromatic carbocycles. The number of hydrogen-bond donors (Lipinski definition) is 1. The fourth-order valence-electron chi connectivity index (χ4n) is 3.25. The van der Waals surface area contributed by atoms with E-state index < -0.39 is 0 Å². The number of rotatable bonds is 5. The number of anilines is 3. The van der Waals surface area contributed by atoms with Gasteiger partial charge in [0, 0.05) is 25.0 Å². The first-order valence-electron chi connectivity index (χ1n) is 9.55. The van der Waals surface area contributed by atoms with E-state index in [1.165, 1.54) is 25.7 Å². The average Bonchev–Trinajstić information content (AvgIpc) is 3.00. The van der Waals surface area contributed by atoms with Crippen LogP contribution in [-0.2, 0) is 0 Å². The molecule has 5 nitrogen and oxygen atoms in total. The van der Waals surface area contributed by atoms with Gasteiger partial charge in [-0.3, -0.25) is 0 Å². The van der Waals surface area contributed by atoms with Crippen molar-refractivity contribution >= 4 is 17.5 Å². The first kappa shape index (κ1) is 17.3. The number of aromatic nitrogens is 2. The van der Waals surface area contributed by atoms with Gasteiger partial charge < -0.3 is 15.0 Å². The van der Waals surface area contributed by atoms with Crippen LogP contribution in [-0.4, -0.2) is 23.1 Å². The predicted molar refractivity (Wildman–Crippen MR) is 109 cm³/mol. The molecule has 27 heavy (non-hydrogen) atoms. The van der Waals surface area contributed by atoms with Gasteiger partial charge in [-0.15, -0.1) is 0 Å². The van der Waals surface area contributed by atoms with Gasteiger partial charge in [0.25, 0.3) is 0 Å². The maximum Gasteiger partial charge on any atom is 0.229 e. The summed E-state index contributed by atoms with van der Waals surface area (Å²) in [6.07, 6.45) is 6.90. The number of nitrogens with one attached hydrogen (secondary N) is 1. The minimum atomic E-state index is 0.619. The van der Waals surface area contributed by atoms with Gasteiger partial charge in [0.05, 0.1) is 0 Å². The monoisotopic (exact) mass is 360 g/mol. The van der Waals surface area contributed by atoms with Crippen LogP contribution in [0.25, 0.3) is 0 Å². The molecule has 138 valence electrons. The quantitative estimate of drug-likeness (QED) is 0.661. The van der Waals surface area contributed by atoms with E-state index in [1.54, 1.807) is 0 Å². The second-order valence-electron chi connectivity index (χ2n) is 6.70. The Hall–Kier alpha value is -3.08. The van der Waals surface area contributed by atoms with Gasteiger partial charge in [0.2, 0.25) is 5.95 Å². The Morgan fingerprint density at radius 3 is 2.22 bits per heavy atom. The summed E-state index contributed by atoms with van der Waals surface area (Å²) in [5.41, 5.74) is 0.934. The molecule has 0 unspecified atom stereocenters. The first-order chi connectivity index (χ1) is 13.4. The third kappa shape index (κ3) is 4.76. The average molecular weight is 360 g/mol. The summed E-state index contributed by atoms with van der Waals surface area (Å²) >= 11 is 0. The summed E-state index contributed by atoms with van der Waals surface area (Å²) < 4.78 is 5.83. The summed E-state index contributed by atoms with van der Waals surface area (Å²) in [5, 5.41) is 3.29. The van der Waals surface area contributed by atoms with Gasteiger partial charge in [0.15, 0.2) is 0 Å². The first-order valence-corrected chi connectivity index (χ1v) is 9.55. The van der Waals surface area contributed by atoms with E-state index in [-0.39, 0.29) is 0 Å². The van der Waals surface area contributed by atoms with Crippen LogP contribution >= 0.6 is 0 Å². The van der Waals surface area contributed by atoms with Crippen molar-refractivity contribution in [3.05, 3.63) is 66.9 Å². The minimum absolute atomic E-state index is 0.619. The van der Waals surface area contributed by atoms with Crippen molar-refractivity contribution in [3.63, 3.8) is 0 Å². The molecule has 0 atom stereocenters. The van der Waals surface area contributed by atoms with Crippen LogP contribution in [0.2, 0.25) is 0 Å². The van der Waals surface area contributed by atoms with Crippen LogP contribution in [0.15, 0.2) is 66.9 Å². The van der Waals surface area contributed by atoms with E-state index in [0.29, 0.717) is 5.95 Å². The third-order valence-corrected chi connectivity index (χ3v) is 4.66. The highest BCUT2D eigenvalue weighted by Crippen LogP contribution is 2.24. The van der Waals surface area contributed by atoms with E-state index in [9.17, 15) is 0 Å². The van der Waals surface area contributed by atoms with Crippen LogP contribution in [0.3, 0.4) is 0 Å². The number of ether oxygens (including phenoxy) is 1. The van der Waals surface area contributed by atoms with Crippen molar-refractivity contribution in [2.45, 2.75) is 25.7 Å². The summed E-state index contributed by atoms with van der Waals surface area (Å²) in [6, 6.07) is 19.6. The van der Waals surface area contributed by atoms with E-state index in [4.69, 9.17) is 9.72 Å². The normalized spacial score (nSPS) is 14.4. The fraction of sp³-hybridized carbons (Fsp3) is 0.273. The lowest BCUT2D eigenvalue weighted by Crippen LogP contribution is -2.25. The minimum Gasteiger partial charge on any atom is -0.457 e. The number of benzene rings is 2. The zero-order chi connectivity index (χ0) is 18.3. The predicted octanol–water partition coefficient (Wildman–Crippen LogP) is 5.39. The van der Waals surface area contributed by atoms with Crippen molar-refractivity contribution in [1.29, 1.82) is 0 Å². The largest absolute Gasteiger partial charge is 0.457 e. The van der Waals surface area contributed by atoms with E-state index >= 15 is 0 Å². The lowest BCUT2D eigenvalue weighted by atomic mass is 10.2. The van der Waals surface area contributed by atoms with Crippen LogP contribution in [0.1, 0.15) is 25.7 Å². The molecule has 0 bridgehead atoms. The number of hydrogen-bond acceptors (Lipinski definition) is 5. The number of para-hydroxylation sites is 1. The van der Waals surface area contributed by atoms with Crippen molar-refractivity contribution in [2.75, 3.05) is 23.3 Å². The molecule has 4 rings (SSSR count). The molecule has 0 aliphatic carbocycles. The van der Waals surface area contributed by atoms with Crippen LogP contribution in [0.5, 0.6) is 11.5 Å². The topological polar surface area (TPSA) is 50.3 Å². The van der Waals surface area contributed by atoms with Gasteiger partial charge in [-0.25, -0.2) is 4.98 Å². The van der Waals surface area contributed by atoms with Crippen LogP contribution in [0, 0.1) is 0 Å². The maximum atomic E-state index is 5.83. The highest BCUT2D eigenvalue weighted by molar-refractivity contribution is 5.56. The molecule has 0 amide bonds. The molecule has 0 saturated carbocycles. The Morgan fingerprint density at radius 1 is 0.778 bits per heavy atom. The molecule has 0 radical (unpaired) electrons. The summed E-state index contributed by atoms with van der Waals surface area (Å²) in [7, 11) is 0. The van der Waals surface area contributed by atoms with Gasteiger partial charge >= 0.3 is 0 Å². The number of nitrogens with zero attached hydrogens (tertiary/aromatic N) is 3. The maximum absolute atomic E-state index is 5.83. The highest BCUT2D eigenvalue weighted by atomic mass is 16.5.